The number of nitrogens with zero attached hydrogens (tertiary/aromatic N) is 2. The molecule has 1 aromatic carbocycles. The van der Waals surface area contributed by atoms with Crippen LogP contribution in [-0.4, -0.2) is 48.3 Å². The van der Waals surface area contributed by atoms with E-state index in [9.17, 15) is 14.9 Å². The molecule has 2 heterocycles. The van der Waals surface area contributed by atoms with Crippen molar-refractivity contribution in [3.05, 3.63) is 44.8 Å². The predicted molar refractivity (Wildman–Crippen MR) is 96.2 cm³/mol. The van der Waals surface area contributed by atoms with Crippen LogP contribution < -0.4 is 20.1 Å². The summed E-state index contributed by atoms with van der Waals surface area (Å²) in [5.74, 6) is 0.379. The number of rotatable bonds is 7. The number of hydrogen-bond donors (Lipinski definition) is 3. The number of methoxy groups -OCH3 is 2. The van der Waals surface area contributed by atoms with E-state index in [1.165, 1.54) is 20.3 Å². The summed E-state index contributed by atoms with van der Waals surface area (Å²) in [4.78, 5) is 23.3. The summed E-state index contributed by atoms with van der Waals surface area (Å²) < 4.78 is 10.3. The summed E-state index contributed by atoms with van der Waals surface area (Å²) in [5.41, 5.74) is 2.57. The number of nitro groups is 1. The molecular weight excluding hydrogens is 354 g/mol. The second kappa shape index (κ2) is 8.04. The number of amides is 1. The van der Waals surface area contributed by atoms with Crippen LogP contribution in [0, 0.1) is 10.1 Å². The summed E-state index contributed by atoms with van der Waals surface area (Å²) in [6, 6.07) is 2.88. The number of nitrogens with one attached hydrogen (secondary N) is 3. The molecule has 144 valence electrons. The third kappa shape index (κ3) is 3.85. The number of hydrogen-bond acceptors (Lipinski definition) is 7. The second-order valence-electron chi connectivity index (χ2n) is 6.06. The Balaban J connectivity index is 1.70. The summed E-state index contributed by atoms with van der Waals surface area (Å²) >= 11 is 0. The average Bonchev–Trinajstić information content (AvgIpc) is 3.11. The second-order valence-corrected chi connectivity index (χ2v) is 6.06. The topological polar surface area (TPSA) is 131 Å². The van der Waals surface area contributed by atoms with Crippen molar-refractivity contribution in [3.63, 3.8) is 0 Å². The van der Waals surface area contributed by atoms with E-state index in [4.69, 9.17) is 9.47 Å². The molecule has 10 heteroatoms. The number of benzene rings is 1. The van der Waals surface area contributed by atoms with Gasteiger partial charge >= 0.3 is 0 Å². The maximum Gasteiger partial charge on any atom is 0.276 e. The van der Waals surface area contributed by atoms with Crippen molar-refractivity contribution in [3.8, 4) is 11.5 Å². The Morgan fingerprint density at radius 3 is 2.78 bits per heavy atom. The number of carbonyl (C=O) groups is 1. The number of aromatic amines is 1. The highest BCUT2D eigenvalue weighted by Gasteiger charge is 2.22. The fourth-order valence-corrected chi connectivity index (χ4v) is 3.09. The number of carbonyl (C=O) groups excluding carboxylic acids is 1. The molecule has 0 spiro atoms. The minimum Gasteiger partial charge on any atom is -0.493 e. The van der Waals surface area contributed by atoms with E-state index >= 15 is 0 Å². The van der Waals surface area contributed by atoms with Crippen LogP contribution in [0.25, 0.3) is 0 Å². The number of fused-ring (bicyclic) bond motifs is 1. The lowest BCUT2D eigenvalue weighted by Gasteiger charge is -2.13. The summed E-state index contributed by atoms with van der Waals surface area (Å²) in [7, 11) is 2.88. The lowest BCUT2D eigenvalue weighted by atomic mass is 10.1. The molecule has 3 rings (SSSR count). The fourth-order valence-electron chi connectivity index (χ4n) is 3.09. The van der Waals surface area contributed by atoms with Crippen molar-refractivity contribution in [2.45, 2.75) is 19.4 Å². The van der Waals surface area contributed by atoms with Gasteiger partial charge in [0.2, 0.25) is 0 Å². The molecule has 0 aliphatic carbocycles. The molecule has 2 aromatic rings. The number of H-pyrrole nitrogens is 1. The maximum atomic E-state index is 12.4. The first-order chi connectivity index (χ1) is 13.0. The average molecular weight is 375 g/mol. The van der Waals surface area contributed by atoms with Crippen LogP contribution >= 0.6 is 0 Å². The fraction of sp³-hybridized carbons (Fsp3) is 0.412. The van der Waals surface area contributed by atoms with E-state index in [0.717, 1.165) is 24.2 Å². The number of nitro benzene ring substituents is 1. The molecule has 0 fully saturated rings. The molecule has 1 aromatic heterocycles. The van der Waals surface area contributed by atoms with Crippen LogP contribution in [0.15, 0.2) is 12.1 Å². The van der Waals surface area contributed by atoms with Crippen molar-refractivity contribution < 1.29 is 19.2 Å². The van der Waals surface area contributed by atoms with Crippen LogP contribution in [0.3, 0.4) is 0 Å². The first-order valence-electron chi connectivity index (χ1n) is 8.49. The molecule has 0 radical (unpaired) electrons. The van der Waals surface area contributed by atoms with Gasteiger partial charge in [0.15, 0.2) is 17.2 Å². The quantitative estimate of drug-likeness (QED) is 0.485. The highest BCUT2D eigenvalue weighted by Crippen LogP contribution is 2.34. The van der Waals surface area contributed by atoms with Crippen LogP contribution in [-0.2, 0) is 19.4 Å². The monoisotopic (exact) mass is 375 g/mol. The Kier molecular flexibility index (Phi) is 5.55. The number of aromatic nitrogens is 2. The van der Waals surface area contributed by atoms with Gasteiger partial charge in [-0.25, -0.2) is 0 Å². The normalized spacial score (nSPS) is 13.0. The van der Waals surface area contributed by atoms with E-state index < -0.39 is 4.92 Å². The van der Waals surface area contributed by atoms with Crippen LogP contribution in [0.5, 0.6) is 11.5 Å². The van der Waals surface area contributed by atoms with Crippen LogP contribution in [0.1, 0.15) is 27.3 Å². The van der Waals surface area contributed by atoms with Crippen LogP contribution in [0.4, 0.5) is 5.69 Å². The summed E-state index contributed by atoms with van der Waals surface area (Å²) in [6.07, 6.45) is 1.07. The Morgan fingerprint density at radius 1 is 1.33 bits per heavy atom. The van der Waals surface area contributed by atoms with Crippen molar-refractivity contribution in [2.75, 3.05) is 27.3 Å². The smallest absolute Gasteiger partial charge is 0.276 e. The van der Waals surface area contributed by atoms with Gasteiger partial charge in [-0.3, -0.25) is 20.0 Å². The Bertz CT molecular complexity index is 864. The highest BCUT2D eigenvalue weighted by molar-refractivity contribution is 5.94. The number of ether oxygens (including phenoxy) is 2. The van der Waals surface area contributed by atoms with E-state index in [1.54, 1.807) is 6.07 Å². The van der Waals surface area contributed by atoms with Gasteiger partial charge in [-0.2, -0.15) is 5.10 Å². The van der Waals surface area contributed by atoms with E-state index in [-0.39, 0.29) is 30.3 Å². The Hall–Kier alpha value is -3.14. The lowest BCUT2D eigenvalue weighted by molar-refractivity contribution is -0.385. The van der Waals surface area contributed by atoms with Crippen molar-refractivity contribution in [1.29, 1.82) is 0 Å². The molecule has 3 N–H and O–H groups in total. The van der Waals surface area contributed by atoms with Gasteiger partial charge in [-0.15, -0.1) is 0 Å². The first-order valence-corrected chi connectivity index (χ1v) is 8.49. The van der Waals surface area contributed by atoms with E-state index in [0.29, 0.717) is 23.6 Å². The Labute approximate surface area is 155 Å². The SMILES string of the molecule is COc1cc(CCNC(=O)c2n[nH]c3c2CNCC3)c([N+](=O)[O-])cc1OC. The predicted octanol–water partition coefficient (Wildman–Crippen LogP) is 0.953. The molecule has 0 atom stereocenters. The molecule has 0 unspecified atom stereocenters. The zero-order chi connectivity index (χ0) is 19.4. The van der Waals surface area contributed by atoms with Gasteiger partial charge in [-0.05, 0) is 12.5 Å². The maximum absolute atomic E-state index is 12.4. The molecule has 1 amide bonds. The third-order valence-electron chi connectivity index (χ3n) is 4.48. The zero-order valence-corrected chi connectivity index (χ0v) is 15.1. The van der Waals surface area contributed by atoms with Crippen molar-refractivity contribution in [1.82, 2.24) is 20.8 Å². The van der Waals surface area contributed by atoms with Crippen molar-refractivity contribution >= 4 is 11.6 Å². The third-order valence-corrected chi connectivity index (χ3v) is 4.48. The van der Waals surface area contributed by atoms with E-state index in [1.807, 2.05) is 0 Å². The molecule has 1 aliphatic heterocycles. The van der Waals surface area contributed by atoms with Gasteiger partial charge in [-0.1, -0.05) is 0 Å². The van der Waals surface area contributed by atoms with Crippen LogP contribution in [0.2, 0.25) is 0 Å². The largest absolute Gasteiger partial charge is 0.493 e. The molecule has 27 heavy (non-hydrogen) atoms. The Morgan fingerprint density at radius 2 is 2.07 bits per heavy atom. The molecule has 10 nitrogen and oxygen atoms in total. The van der Waals surface area contributed by atoms with Gasteiger partial charge in [0, 0.05) is 42.9 Å². The van der Waals surface area contributed by atoms with Gasteiger partial charge in [0.05, 0.1) is 25.2 Å². The first kappa shape index (κ1) is 18.6. The van der Waals surface area contributed by atoms with Crippen molar-refractivity contribution in [2.24, 2.45) is 0 Å². The summed E-state index contributed by atoms with van der Waals surface area (Å²) in [5, 5.41) is 24.3. The molecule has 0 saturated carbocycles. The molecule has 1 aliphatic rings. The van der Waals surface area contributed by atoms with Gasteiger partial charge < -0.3 is 20.1 Å². The highest BCUT2D eigenvalue weighted by atomic mass is 16.6. The zero-order valence-electron chi connectivity index (χ0n) is 15.1. The molecular formula is C17H21N5O5. The lowest BCUT2D eigenvalue weighted by Crippen LogP contribution is -2.29. The standard InChI is InChI=1S/C17H21N5O5/c1-26-14-7-10(13(22(24)25)8-15(14)27-2)3-6-19-17(23)16-11-9-18-5-4-12(11)20-21-16/h7-8,18H,3-6,9H2,1-2H3,(H,19,23)(H,20,21). The van der Waals surface area contributed by atoms with E-state index in [2.05, 4.69) is 20.8 Å². The minimum atomic E-state index is -0.477. The summed E-state index contributed by atoms with van der Waals surface area (Å²) in [6.45, 7) is 1.67. The van der Waals surface area contributed by atoms with Gasteiger partial charge in [0.25, 0.3) is 11.6 Å². The molecule has 0 bridgehead atoms. The molecule has 0 saturated heterocycles. The van der Waals surface area contributed by atoms with Gasteiger partial charge in [0.1, 0.15) is 0 Å². The minimum absolute atomic E-state index is 0.0803.